The summed E-state index contributed by atoms with van der Waals surface area (Å²) in [6.07, 6.45) is 0.582. The van der Waals surface area contributed by atoms with E-state index in [1.54, 1.807) is 0 Å². The first-order valence-corrected chi connectivity index (χ1v) is 12.0. The van der Waals surface area contributed by atoms with Crippen molar-refractivity contribution in [3.05, 3.63) is 81.9 Å². The van der Waals surface area contributed by atoms with Gasteiger partial charge < -0.3 is 19.9 Å². The van der Waals surface area contributed by atoms with Crippen LogP contribution in [0.1, 0.15) is 15.9 Å². The van der Waals surface area contributed by atoms with Gasteiger partial charge in [0.15, 0.2) is 17.2 Å². The molecule has 0 saturated heterocycles. The minimum atomic E-state index is -4.16. The summed E-state index contributed by atoms with van der Waals surface area (Å²) in [5.41, 5.74) is 0.744. The van der Waals surface area contributed by atoms with Gasteiger partial charge in [0.2, 0.25) is 0 Å². The number of aromatic hydroxyl groups is 1. The largest absolute Gasteiger partial charge is 0.502 e. The molecule has 1 heterocycles. The average molecular weight is 500 g/mol. The van der Waals surface area contributed by atoms with Gasteiger partial charge in [0.1, 0.15) is 13.2 Å². The van der Waals surface area contributed by atoms with Gasteiger partial charge >= 0.3 is 5.69 Å². The molecule has 4 rings (SSSR count). The Morgan fingerprint density at radius 3 is 2.43 bits per heavy atom. The number of amides is 1. The number of ether oxygens (including phenoxy) is 2. The number of carbonyl (C=O) groups is 1. The Morgan fingerprint density at radius 1 is 1.00 bits per heavy atom. The molecular weight excluding hydrogens is 478 g/mol. The Bertz CT molecular complexity index is 1370. The van der Waals surface area contributed by atoms with E-state index >= 15 is 0 Å². The van der Waals surface area contributed by atoms with E-state index in [1.165, 1.54) is 24.3 Å². The molecule has 3 aromatic carbocycles. The number of sulfonamides is 1. The summed E-state index contributed by atoms with van der Waals surface area (Å²) in [7, 11) is -4.16. The van der Waals surface area contributed by atoms with Gasteiger partial charge in [0, 0.05) is 23.9 Å². The van der Waals surface area contributed by atoms with Gasteiger partial charge in [-0.3, -0.25) is 19.6 Å². The molecule has 0 atom stereocenters. The van der Waals surface area contributed by atoms with Crippen molar-refractivity contribution in [1.29, 1.82) is 0 Å². The summed E-state index contributed by atoms with van der Waals surface area (Å²) in [5, 5.41) is 23.3. The Hall–Kier alpha value is -4.32. The maximum absolute atomic E-state index is 12.6. The molecule has 0 unspecified atom stereocenters. The van der Waals surface area contributed by atoms with Crippen molar-refractivity contribution in [3.63, 3.8) is 0 Å². The number of fused-ring (bicyclic) bond motifs is 1. The number of carbonyl (C=O) groups excluding carboxylic acids is 1. The number of nitrogens with one attached hydrogen (secondary N) is 2. The lowest BCUT2D eigenvalue weighted by atomic mass is 10.1. The van der Waals surface area contributed by atoms with Crippen LogP contribution in [0.15, 0.2) is 65.6 Å². The van der Waals surface area contributed by atoms with Crippen LogP contribution in [0, 0.1) is 10.1 Å². The Labute approximate surface area is 200 Å². The van der Waals surface area contributed by atoms with Crippen molar-refractivity contribution in [2.24, 2.45) is 0 Å². The molecule has 0 aromatic heterocycles. The molecule has 3 N–H and O–H groups in total. The molecule has 0 aliphatic carbocycles. The zero-order valence-corrected chi connectivity index (χ0v) is 19.1. The lowest BCUT2D eigenvalue weighted by Crippen LogP contribution is -2.25. The van der Waals surface area contributed by atoms with E-state index in [-0.39, 0.29) is 16.5 Å². The zero-order valence-electron chi connectivity index (χ0n) is 18.3. The van der Waals surface area contributed by atoms with E-state index < -0.39 is 26.4 Å². The number of phenols is 1. The van der Waals surface area contributed by atoms with Crippen LogP contribution in [0.5, 0.6) is 17.2 Å². The van der Waals surface area contributed by atoms with Crippen molar-refractivity contribution in [2.45, 2.75) is 11.3 Å². The average Bonchev–Trinajstić information content (AvgIpc) is 2.84. The summed E-state index contributed by atoms with van der Waals surface area (Å²) in [5.74, 6) is 0.410. The van der Waals surface area contributed by atoms with Gasteiger partial charge in [-0.05, 0) is 60.5 Å². The van der Waals surface area contributed by atoms with Crippen molar-refractivity contribution < 1.29 is 32.7 Å². The smallest absolute Gasteiger partial charge is 0.312 e. The minimum Gasteiger partial charge on any atom is -0.502 e. The predicted octanol–water partition coefficient (Wildman–Crippen LogP) is 2.84. The molecule has 1 amide bonds. The first-order chi connectivity index (χ1) is 16.7. The van der Waals surface area contributed by atoms with Crippen LogP contribution in [0.3, 0.4) is 0 Å². The molecule has 0 bridgehead atoms. The highest BCUT2D eigenvalue weighted by molar-refractivity contribution is 7.92. The van der Waals surface area contributed by atoms with E-state index in [1.807, 2.05) is 18.2 Å². The van der Waals surface area contributed by atoms with Crippen LogP contribution in [-0.2, 0) is 16.4 Å². The molecular formula is C23H21N3O8S. The second-order valence-electron chi connectivity index (χ2n) is 7.57. The summed E-state index contributed by atoms with van der Waals surface area (Å²) in [6.45, 7) is 1.39. The van der Waals surface area contributed by atoms with Crippen molar-refractivity contribution in [3.8, 4) is 17.2 Å². The third-order valence-electron chi connectivity index (χ3n) is 5.16. The summed E-state index contributed by atoms with van der Waals surface area (Å²) in [6, 6.07) is 14.1. The standard InChI is InChI=1S/C23H21N3O8S/c27-20-7-6-18(14-19(20)26(29)30)35(31,32)25-17-4-2-16(3-5-17)23(28)24-10-9-15-1-8-21-22(13-15)34-12-11-33-21/h1-8,13-14,25,27H,9-12H2,(H,24,28). The van der Waals surface area contributed by atoms with Crippen molar-refractivity contribution in [2.75, 3.05) is 24.5 Å². The molecule has 1 aliphatic heterocycles. The highest BCUT2D eigenvalue weighted by Crippen LogP contribution is 2.31. The van der Waals surface area contributed by atoms with Crippen LogP contribution < -0.4 is 19.5 Å². The highest BCUT2D eigenvalue weighted by Gasteiger charge is 2.21. The number of hydrogen-bond donors (Lipinski definition) is 3. The first-order valence-electron chi connectivity index (χ1n) is 10.5. The third kappa shape index (κ3) is 5.61. The van der Waals surface area contributed by atoms with E-state index in [0.717, 1.165) is 23.8 Å². The maximum atomic E-state index is 12.6. The fourth-order valence-corrected chi connectivity index (χ4v) is 4.46. The monoisotopic (exact) mass is 499 g/mol. The molecule has 182 valence electrons. The minimum absolute atomic E-state index is 0.161. The number of rotatable bonds is 8. The molecule has 0 fully saturated rings. The Kier molecular flexibility index (Phi) is 6.73. The van der Waals surface area contributed by atoms with Gasteiger partial charge in [0.05, 0.1) is 9.82 Å². The summed E-state index contributed by atoms with van der Waals surface area (Å²) < 4.78 is 38.5. The number of hydrogen-bond acceptors (Lipinski definition) is 8. The number of nitro benzene ring substituents is 1. The number of phenolic OH excluding ortho intramolecular Hbond substituents is 1. The SMILES string of the molecule is O=C(NCCc1ccc2c(c1)OCCO2)c1ccc(NS(=O)(=O)c2ccc(O)c([N+](=O)[O-])c2)cc1. The topological polar surface area (TPSA) is 157 Å². The van der Waals surface area contributed by atoms with Crippen LogP contribution in [0.4, 0.5) is 11.4 Å². The van der Waals surface area contributed by atoms with Gasteiger partial charge in [-0.15, -0.1) is 0 Å². The van der Waals surface area contributed by atoms with Gasteiger partial charge in [-0.1, -0.05) is 6.07 Å². The fraction of sp³-hybridized carbons (Fsp3) is 0.174. The summed E-state index contributed by atoms with van der Waals surface area (Å²) >= 11 is 0. The lowest BCUT2D eigenvalue weighted by Gasteiger charge is -2.18. The lowest BCUT2D eigenvalue weighted by molar-refractivity contribution is -0.386. The van der Waals surface area contributed by atoms with Gasteiger partial charge in [-0.25, -0.2) is 8.42 Å². The summed E-state index contributed by atoms with van der Waals surface area (Å²) in [4.78, 5) is 22.1. The fourth-order valence-electron chi connectivity index (χ4n) is 3.39. The van der Waals surface area contributed by atoms with Crippen LogP contribution >= 0.6 is 0 Å². The van der Waals surface area contributed by atoms with E-state index in [2.05, 4.69) is 10.0 Å². The van der Waals surface area contributed by atoms with Crippen LogP contribution in [-0.4, -0.2) is 44.1 Å². The molecule has 0 radical (unpaired) electrons. The van der Waals surface area contributed by atoms with Crippen molar-refractivity contribution >= 4 is 27.3 Å². The number of benzene rings is 3. The zero-order chi connectivity index (χ0) is 25.0. The van der Waals surface area contributed by atoms with Crippen LogP contribution in [0.25, 0.3) is 0 Å². The predicted molar refractivity (Wildman–Crippen MR) is 125 cm³/mol. The number of nitrogens with zero attached hydrogens (tertiary/aromatic N) is 1. The maximum Gasteiger partial charge on any atom is 0.312 e. The van der Waals surface area contributed by atoms with Gasteiger partial charge in [0.25, 0.3) is 15.9 Å². The molecule has 35 heavy (non-hydrogen) atoms. The Balaban J connectivity index is 1.35. The van der Waals surface area contributed by atoms with E-state index in [9.17, 15) is 28.4 Å². The third-order valence-corrected chi connectivity index (χ3v) is 6.54. The van der Waals surface area contributed by atoms with E-state index in [4.69, 9.17) is 9.47 Å². The molecule has 0 spiro atoms. The highest BCUT2D eigenvalue weighted by atomic mass is 32.2. The molecule has 11 nitrogen and oxygen atoms in total. The van der Waals surface area contributed by atoms with Crippen molar-refractivity contribution in [1.82, 2.24) is 5.32 Å². The molecule has 0 saturated carbocycles. The molecule has 3 aromatic rings. The molecule has 1 aliphatic rings. The number of nitro groups is 1. The molecule has 12 heteroatoms. The second kappa shape index (κ2) is 9.89. The normalized spacial score (nSPS) is 12.6. The van der Waals surface area contributed by atoms with Crippen LogP contribution in [0.2, 0.25) is 0 Å². The Morgan fingerprint density at radius 2 is 1.71 bits per heavy atom. The second-order valence-corrected chi connectivity index (χ2v) is 9.26. The number of anilines is 1. The quantitative estimate of drug-likeness (QED) is 0.315. The van der Waals surface area contributed by atoms with Gasteiger partial charge in [-0.2, -0.15) is 0 Å². The van der Waals surface area contributed by atoms with E-state index in [0.29, 0.717) is 43.2 Å². The first kappa shape index (κ1) is 23.8.